The van der Waals surface area contributed by atoms with Gasteiger partial charge in [0.05, 0.1) is 5.92 Å². The van der Waals surface area contributed by atoms with Crippen molar-refractivity contribution in [3.63, 3.8) is 0 Å². The van der Waals surface area contributed by atoms with Crippen LogP contribution in [0.3, 0.4) is 0 Å². The monoisotopic (exact) mass is 227 g/mol. The molecule has 1 saturated carbocycles. The third-order valence-corrected chi connectivity index (χ3v) is 3.08. The van der Waals surface area contributed by atoms with E-state index in [1.807, 2.05) is 20.8 Å². The molecule has 0 aromatic rings. The average Bonchev–Trinajstić information content (AvgIpc) is 2.16. The van der Waals surface area contributed by atoms with Gasteiger partial charge in [-0.2, -0.15) is 0 Å². The summed E-state index contributed by atoms with van der Waals surface area (Å²) >= 11 is 0. The van der Waals surface area contributed by atoms with E-state index in [1.165, 1.54) is 0 Å². The maximum atomic E-state index is 11.8. The van der Waals surface area contributed by atoms with Gasteiger partial charge in [0.1, 0.15) is 0 Å². The van der Waals surface area contributed by atoms with Crippen molar-refractivity contribution in [2.75, 3.05) is 0 Å². The maximum absolute atomic E-state index is 11.8. The summed E-state index contributed by atoms with van der Waals surface area (Å²) in [5.41, 5.74) is -0.458. The summed E-state index contributed by atoms with van der Waals surface area (Å²) in [7, 11) is 0. The Morgan fingerprint density at radius 2 is 1.75 bits per heavy atom. The van der Waals surface area contributed by atoms with Crippen LogP contribution in [-0.2, 0) is 9.59 Å². The van der Waals surface area contributed by atoms with Crippen molar-refractivity contribution in [1.29, 1.82) is 0 Å². The fraction of sp³-hybridized carbons (Fsp3) is 0.833. The molecule has 4 nitrogen and oxygen atoms in total. The SMILES string of the molecule is CC(C)(C)C(=O)NC1CCCCC1C(=O)O. The van der Waals surface area contributed by atoms with Crippen LogP contribution in [0.4, 0.5) is 0 Å². The van der Waals surface area contributed by atoms with E-state index in [2.05, 4.69) is 5.32 Å². The fourth-order valence-electron chi connectivity index (χ4n) is 1.98. The average molecular weight is 227 g/mol. The Labute approximate surface area is 96.4 Å². The van der Waals surface area contributed by atoms with E-state index in [0.29, 0.717) is 6.42 Å². The number of carboxylic acids is 1. The number of aliphatic carboxylic acids is 1. The van der Waals surface area contributed by atoms with Gasteiger partial charge in [0.2, 0.25) is 5.91 Å². The molecular weight excluding hydrogens is 206 g/mol. The lowest BCUT2D eigenvalue weighted by Crippen LogP contribution is -2.48. The Balaban J connectivity index is 2.63. The molecule has 1 fully saturated rings. The van der Waals surface area contributed by atoms with Gasteiger partial charge in [-0.25, -0.2) is 0 Å². The highest BCUT2D eigenvalue weighted by atomic mass is 16.4. The smallest absolute Gasteiger partial charge is 0.308 e. The molecule has 2 N–H and O–H groups in total. The lowest BCUT2D eigenvalue weighted by Gasteiger charge is -2.31. The van der Waals surface area contributed by atoms with Gasteiger partial charge in [0, 0.05) is 11.5 Å². The maximum Gasteiger partial charge on any atom is 0.308 e. The van der Waals surface area contributed by atoms with Crippen LogP contribution in [0, 0.1) is 11.3 Å². The molecule has 2 atom stereocenters. The van der Waals surface area contributed by atoms with Gasteiger partial charge in [-0.3, -0.25) is 9.59 Å². The molecule has 1 aliphatic rings. The molecule has 0 aromatic heterocycles. The van der Waals surface area contributed by atoms with Crippen molar-refractivity contribution < 1.29 is 14.7 Å². The number of carbonyl (C=O) groups is 2. The molecule has 0 bridgehead atoms. The first-order valence-corrected chi connectivity index (χ1v) is 5.86. The van der Waals surface area contributed by atoms with Crippen LogP contribution < -0.4 is 5.32 Å². The van der Waals surface area contributed by atoms with Gasteiger partial charge in [-0.1, -0.05) is 33.6 Å². The number of carboxylic acid groups (broad SMARTS) is 1. The normalized spacial score (nSPS) is 26.2. The molecule has 1 aliphatic carbocycles. The van der Waals surface area contributed by atoms with Crippen molar-refractivity contribution in [3.05, 3.63) is 0 Å². The molecule has 0 spiro atoms. The largest absolute Gasteiger partial charge is 0.481 e. The molecule has 92 valence electrons. The molecule has 1 rings (SSSR count). The highest BCUT2D eigenvalue weighted by molar-refractivity contribution is 5.82. The van der Waals surface area contributed by atoms with Gasteiger partial charge < -0.3 is 10.4 Å². The van der Waals surface area contributed by atoms with Crippen LogP contribution in [0.2, 0.25) is 0 Å². The van der Waals surface area contributed by atoms with E-state index in [4.69, 9.17) is 5.11 Å². The third-order valence-electron chi connectivity index (χ3n) is 3.08. The number of nitrogens with one attached hydrogen (secondary N) is 1. The summed E-state index contributed by atoms with van der Waals surface area (Å²) in [6.45, 7) is 5.50. The van der Waals surface area contributed by atoms with E-state index in [1.54, 1.807) is 0 Å². The Morgan fingerprint density at radius 3 is 2.25 bits per heavy atom. The third kappa shape index (κ3) is 3.22. The van der Waals surface area contributed by atoms with Crippen LogP contribution in [0.25, 0.3) is 0 Å². The second-order valence-electron chi connectivity index (χ2n) is 5.56. The van der Waals surface area contributed by atoms with Gasteiger partial charge in [-0.05, 0) is 12.8 Å². The molecule has 0 radical (unpaired) electrons. The van der Waals surface area contributed by atoms with E-state index < -0.39 is 17.3 Å². The van der Waals surface area contributed by atoms with Crippen LogP contribution >= 0.6 is 0 Å². The molecule has 0 heterocycles. The van der Waals surface area contributed by atoms with Crippen LogP contribution in [0.1, 0.15) is 46.5 Å². The summed E-state index contributed by atoms with van der Waals surface area (Å²) in [4.78, 5) is 22.8. The molecule has 16 heavy (non-hydrogen) atoms. The lowest BCUT2D eigenvalue weighted by atomic mass is 9.83. The number of rotatable bonds is 2. The molecule has 1 amide bonds. The summed E-state index contributed by atoms with van der Waals surface area (Å²) in [5.74, 6) is -1.27. The zero-order valence-electron chi connectivity index (χ0n) is 10.2. The van der Waals surface area contributed by atoms with Crippen molar-refractivity contribution in [2.24, 2.45) is 11.3 Å². The van der Waals surface area contributed by atoms with Gasteiger partial charge in [0.25, 0.3) is 0 Å². The Bertz CT molecular complexity index is 280. The molecule has 0 aliphatic heterocycles. The van der Waals surface area contributed by atoms with Crippen LogP contribution in [-0.4, -0.2) is 23.0 Å². The van der Waals surface area contributed by atoms with Crippen molar-refractivity contribution in [3.8, 4) is 0 Å². The van der Waals surface area contributed by atoms with E-state index in [0.717, 1.165) is 19.3 Å². The van der Waals surface area contributed by atoms with Crippen molar-refractivity contribution in [1.82, 2.24) is 5.32 Å². The highest BCUT2D eigenvalue weighted by Crippen LogP contribution is 2.25. The van der Waals surface area contributed by atoms with E-state index >= 15 is 0 Å². The zero-order valence-corrected chi connectivity index (χ0v) is 10.2. The van der Waals surface area contributed by atoms with Crippen molar-refractivity contribution in [2.45, 2.75) is 52.5 Å². The van der Waals surface area contributed by atoms with Gasteiger partial charge in [0.15, 0.2) is 0 Å². The fourth-order valence-corrected chi connectivity index (χ4v) is 1.98. The molecular formula is C12H21NO3. The number of hydrogen-bond donors (Lipinski definition) is 2. The predicted molar refractivity (Wildman–Crippen MR) is 61.0 cm³/mol. The quantitative estimate of drug-likeness (QED) is 0.755. The minimum Gasteiger partial charge on any atom is -0.481 e. The predicted octanol–water partition coefficient (Wildman–Crippen LogP) is 1.79. The molecule has 4 heteroatoms. The second kappa shape index (κ2) is 4.85. The highest BCUT2D eigenvalue weighted by Gasteiger charge is 2.33. The van der Waals surface area contributed by atoms with Crippen molar-refractivity contribution >= 4 is 11.9 Å². The Kier molecular flexibility index (Phi) is 3.94. The number of carbonyl (C=O) groups excluding carboxylic acids is 1. The summed E-state index contributed by atoms with van der Waals surface area (Å²) in [6, 6.07) is -0.196. The first-order valence-electron chi connectivity index (χ1n) is 5.86. The van der Waals surface area contributed by atoms with Crippen LogP contribution in [0.15, 0.2) is 0 Å². The van der Waals surface area contributed by atoms with Crippen LogP contribution in [0.5, 0.6) is 0 Å². The first-order chi connectivity index (χ1) is 7.32. The first kappa shape index (κ1) is 13.0. The second-order valence-corrected chi connectivity index (χ2v) is 5.56. The number of hydrogen-bond acceptors (Lipinski definition) is 2. The minimum atomic E-state index is -0.793. The van der Waals surface area contributed by atoms with E-state index in [9.17, 15) is 9.59 Å². The zero-order chi connectivity index (χ0) is 12.3. The standard InChI is InChI=1S/C12H21NO3/c1-12(2,3)11(16)13-9-7-5-4-6-8(9)10(14)15/h8-9H,4-7H2,1-3H3,(H,13,16)(H,14,15). The molecule has 0 aromatic carbocycles. The summed E-state index contributed by atoms with van der Waals surface area (Å²) < 4.78 is 0. The topological polar surface area (TPSA) is 66.4 Å². The molecule has 0 saturated heterocycles. The number of amides is 1. The Hall–Kier alpha value is -1.06. The molecule has 2 unspecified atom stereocenters. The van der Waals surface area contributed by atoms with Gasteiger partial charge in [-0.15, -0.1) is 0 Å². The summed E-state index contributed by atoms with van der Waals surface area (Å²) in [5, 5.41) is 11.9. The Morgan fingerprint density at radius 1 is 1.19 bits per heavy atom. The lowest BCUT2D eigenvalue weighted by molar-refractivity contribution is -0.144. The van der Waals surface area contributed by atoms with E-state index in [-0.39, 0.29) is 11.9 Å². The summed E-state index contributed by atoms with van der Waals surface area (Å²) in [6.07, 6.45) is 3.39. The minimum absolute atomic E-state index is 0.0642. The van der Waals surface area contributed by atoms with Gasteiger partial charge >= 0.3 is 5.97 Å².